The summed E-state index contributed by atoms with van der Waals surface area (Å²) in [5.74, 6) is 0.226. The number of carboxylic acid groups (broad SMARTS) is 1. The minimum atomic E-state index is -0.825. The highest BCUT2D eigenvalue weighted by Crippen LogP contribution is 2.13. The fourth-order valence-corrected chi connectivity index (χ4v) is 1.25. The molecule has 0 unspecified atom stereocenters. The lowest BCUT2D eigenvalue weighted by Gasteiger charge is -2.20. The monoisotopic (exact) mass is 225 g/mol. The largest absolute Gasteiger partial charge is 0.481 e. The SMILES string of the molecule is CCN(CCC(=O)O)c1cncc(OC)n1. The molecule has 0 spiro atoms. The van der Waals surface area contributed by atoms with Gasteiger partial charge >= 0.3 is 5.97 Å². The Kier molecular flexibility index (Phi) is 4.50. The van der Waals surface area contributed by atoms with Gasteiger partial charge in [-0.05, 0) is 6.92 Å². The summed E-state index contributed by atoms with van der Waals surface area (Å²) >= 11 is 0. The highest BCUT2D eigenvalue weighted by molar-refractivity contribution is 5.67. The van der Waals surface area contributed by atoms with Gasteiger partial charge in [-0.1, -0.05) is 0 Å². The summed E-state index contributed by atoms with van der Waals surface area (Å²) in [4.78, 5) is 20.5. The molecule has 0 aliphatic carbocycles. The van der Waals surface area contributed by atoms with Crippen molar-refractivity contribution in [2.75, 3.05) is 25.1 Å². The summed E-state index contributed by atoms with van der Waals surface area (Å²) in [6.45, 7) is 3.02. The second kappa shape index (κ2) is 5.89. The lowest BCUT2D eigenvalue weighted by Crippen LogP contribution is -2.26. The van der Waals surface area contributed by atoms with Gasteiger partial charge in [-0.3, -0.25) is 9.78 Å². The van der Waals surface area contributed by atoms with Crippen molar-refractivity contribution in [3.8, 4) is 5.88 Å². The van der Waals surface area contributed by atoms with Crippen LogP contribution in [-0.2, 0) is 4.79 Å². The zero-order chi connectivity index (χ0) is 12.0. The zero-order valence-electron chi connectivity index (χ0n) is 9.38. The van der Waals surface area contributed by atoms with E-state index >= 15 is 0 Å². The molecular weight excluding hydrogens is 210 g/mol. The van der Waals surface area contributed by atoms with E-state index in [1.807, 2.05) is 11.8 Å². The smallest absolute Gasteiger partial charge is 0.305 e. The standard InChI is InChI=1S/C10H15N3O3/c1-3-13(5-4-10(14)15)8-6-11-7-9(12-8)16-2/h6-7H,3-5H2,1-2H3,(H,14,15). The normalized spacial score (nSPS) is 9.88. The lowest BCUT2D eigenvalue weighted by atomic mass is 10.4. The predicted molar refractivity (Wildman–Crippen MR) is 58.7 cm³/mol. The molecule has 0 saturated heterocycles. The summed E-state index contributed by atoms with van der Waals surface area (Å²) in [7, 11) is 1.52. The Bertz CT molecular complexity index is 357. The van der Waals surface area contributed by atoms with E-state index in [0.29, 0.717) is 24.8 Å². The first-order valence-corrected chi connectivity index (χ1v) is 5.00. The highest BCUT2D eigenvalue weighted by atomic mass is 16.5. The first kappa shape index (κ1) is 12.2. The number of ether oxygens (including phenoxy) is 1. The van der Waals surface area contributed by atoms with Crippen LogP contribution in [-0.4, -0.2) is 41.2 Å². The molecule has 0 saturated carbocycles. The van der Waals surface area contributed by atoms with Gasteiger partial charge in [-0.15, -0.1) is 0 Å². The Morgan fingerprint density at radius 1 is 1.56 bits per heavy atom. The van der Waals surface area contributed by atoms with Gasteiger partial charge in [-0.2, -0.15) is 4.98 Å². The Labute approximate surface area is 93.9 Å². The second-order valence-electron chi connectivity index (χ2n) is 3.14. The molecule has 88 valence electrons. The van der Waals surface area contributed by atoms with Crippen LogP contribution in [0.5, 0.6) is 5.88 Å². The number of hydrogen-bond acceptors (Lipinski definition) is 5. The third kappa shape index (κ3) is 3.38. The Morgan fingerprint density at radius 3 is 2.88 bits per heavy atom. The quantitative estimate of drug-likeness (QED) is 0.771. The van der Waals surface area contributed by atoms with Gasteiger partial charge in [0.15, 0.2) is 5.82 Å². The third-order valence-electron chi connectivity index (χ3n) is 2.11. The zero-order valence-corrected chi connectivity index (χ0v) is 9.38. The highest BCUT2D eigenvalue weighted by Gasteiger charge is 2.09. The van der Waals surface area contributed by atoms with Crippen LogP contribution < -0.4 is 9.64 Å². The molecule has 1 aromatic rings. The van der Waals surface area contributed by atoms with Gasteiger partial charge in [-0.25, -0.2) is 0 Å². The maximum absolute atomic E-state index is 10.5. The van der Waals surface area contributed by atoms with Crippen molar-refractivity contribution in [2.45, 2.75) is 13.3 Å². The minimum Gasteiger partial charge on any atom is -0.481 e. The molecular formula is C10H15N3O3. The van der Waals surface area contributed by atoms with Crippen LogP contribution >= 0.6 is 0 Å². The van der Waals surface area contributed by atoms with E-state index in [-0.39, 0.29) is 6.42 Å². The maximum Gasteiger partial charge on any atom is 0.305 e. The third-order valence-corrected chi connectivity index (χ3v) is 2.11. The first-order valence-electron chi connectivity index (χ1n) is 5.00. The fraction of sp³-hybridized carbons (Fsp3) is 0.500. The lowest BCUT2D eigenvalue weighted by molar-refractivity contribution is -0.136. The Hall–Kier alpha value is -1.85. The summed E-state index contributed by atoms with van der Waals surface area (Å²) in [5, 5.41) is 8.62. The van der Waals surface area contributed by atoms with Crippen molar-refractivity contribution in [3.05, 3.63) is 12.4 Å². The average Bonchev–Trinajstić information content (AvgIpc) is 2.30. The van der Waals surface area contributed by atoms with Crippen LogP contribution in [0.4, 0.5) is 5.82 Å². The van der Waals surface area contributed by atoms with Crippen molar-refractivity contribution in [1.82, 2.24) is 9.97 Å². The van der Waals surface area contributed by atoms with Crippen molar-refractivity contribution < 1.29 is 14.6 Å². The topological polar surface area (TPSA) is 75.6 Å². The number of carboxylic acids is 1. The van der Waals surface area contributed by atoms with Gasteiger partial charge in [0.2, 0.25) is 5.88 Å². The van der Waals surface area contributed by atoms with E-state index in [4.69, 9.17) is 9.84 Å². The molecule has 0 bridgehead atoms. The van der Waals surface area contributed by atoms with Crippen LogP contribution in [0.25, 0.3) is 0 Å². The van der Waals surface area contributed by atoms with Crippen LogP contribution in [0.15, 0.2) is 12.4 Å². The molecule has 16 heavy (non-hydrogen) atoms. The molecule has 0 aliphatic heterocycles. The molecule has 0 aliphatic rings. The van der Waals surface area contributed by atoms with Crippen molar-refractivity contribution >= 4 is 11.8 Å². The number of aromatic nitrogens is 2. The minimum absolute atomic E-state index is 0.0761. The molecule has 0 atom stereocenters. The van der Waals surface area contributed by atoms with Crippen LogP contribution in [0.1, 0.15) is 13.3 Å². The summed E-state index contributed by atoms with van der Waals surface area (Å²) in [6, 6.07) is 0. The number of carbonyl (C=O) groups is 1. The van der Waals surface area contributed by atoms with E-state index in [1.54, 1.807) is 6.20 Å². The number of rotatable bonds is 6. The van der Waals surface area contributed by atoms with Crippen LogP contribution in [0.3, 0.4) is 0 Å². The number of nitrogens with zero attached hydrogens (tertiary/aromatic N) is 3. The molecule has 6 nitrogen and oxygen atoms in total. The molecule has 1 aromatic heterocycles. The Morgan fingerprint density at radius 2 is 2.31 bits per heavy atom. The van der Waals surface area contributed by atoms with Gasteiger partial charge in [0, 0.05) is 13.1 Å². The van der Waals surface area contributed by atoms with E-state index in [0.717, 1.165) is 0 Å². The van der Waals surface area contributed by atoms with Gasteiger partial charge in [0.1, 0.15) is 0 Å². The molecule has 0 radical (unpaired) electrons. The molecule has 1 heterocycles. The van der Waals surface area contributed by atoms with Gasteiger partial charge in [0.25, 0.3) is 0 Å². The second-order valence-corrected chi connectivity index (χ2v) is 3.14. The number of aliphatic carboxylic acids is 1. The summed E-state index contributed by atoms with van der Waals surface area (Å²) in [6.07, 6.45) is 3.18. The molecule has 1 N–H and O–H groups in total. The Balaban J connectivity index is 2.73. The molecule has 1 rings (SSSR count). The van der Waals surface area contributed by atoms with Crippen molar-refractivity contribution in [2.24, 2.45) is 0 Å². The maximum atomic E-state index is 10.5. The van der Waals surface area contributed by atoms with Crippen LogP contribution in [0.2, 0.25) is 0 Å². The number of anilines is 1. The van der Waals surface area contributed by atoms with Crippen molar-refractivity contribution in [1.29, 1.82) is 0 Å². The van der Waals surface area contributed by atoms with Crippen molar-refractivity contribution in [3.63, 3.8) is 0 Å². The predicted octanol–water partition coefficient (Wildman–Crippen LogP) is 0.786. The molecule has 0 fully saturated rings. The molecule has 6 heteroatoms. The number of methoxy groups -OCH3 is 1. The average molecular weight is 225 g/mol. The first-order chi connectivity index (χ1) is 7.67. The van der Waals surface area contributed by atoms with E-state index in [1.165, 1.54) is 13.3 Å². The van der Waals surface area contributed by atoms with E-state index < -0.39 is 5.97 Å². The molecule has 0 aromatic carbocycles. The fourth-order valence-electron chi connectivity index (χ4n) is 1.25. The number of hydrogen-bond donors (Lipinski definition) is 1. The van der Waals surface area contributed by atoms with Gasteiger partial charge in [0.05, 0.1) is 25.9 Å². The summed E-state index contributed by atoms with van der Waals surface area (Å²) < 4.78 is 4.96. The van der Waals surface area contributed by atoms with E-state index in [9.17, 15) is 4.79 Å². The molecule has 0 amide bonds. The van der Waals surface area contributed by atoms with Crippen LogP contribution in [0, 0.1) is 0 Å². The summed E-state index contributed by atoms with van der Waals surface area (Å²) in [5.41, 5.74) is 0. The van der Waals surface area contributed by atoms with Gasteiger partial charge < -0.3 is 14.7 Å². The van der Waals surface area contributed by atoms with E-state index in [2.05, 4.69) is 9.97 Å².